The van der Waals surface area contributed by atoms with Crippen molar-refractivity contribution in [1.82, 2.24) is 10.3 Å². The Morgan fingerprint density at radius 2 is 2.24 bits per heavy atom. The van der Waals surface area contributed by atoms with Crippen LogP contribution < -0.4 is 5.32 Å². The third-order valence-corrected chi connectivity index (χ3v) is 3.49. The summed E-state index contributed by atoms with van der Waals surface area (Å²) in [7, 11) is 0. The predicted octanol–water partition coefficient (Wildman–Crippen LogP) is 3.00. The summed E-state index contributed by atoms with van der Waals surface area (Å²) in [6.07, 6.45) is 0.576. The van der Waals surface area contributed by atoms with E-state index in [2.05, 4.69) is 10.3 Å². The number of halogens is 2. The van der Waals surface area contributed by atoms with Crippen molar-refractivity contribution in [2.75, 3.05) is 6.54 Å². The molecule has 0 aliphatic carbocycles. The van der Waals surface area contributed by atoms with E-state index in [-0.39, 0.29) is 11.6 Å². The Bertz CT molecular complexity index is 720. The van der Waals surface area contributed by atoms with Crippen LogP contribution in [0.2, 0.25) is 5.02 Å². The Labute approximate surface area is 130 Å². The number of carbonyl (C=O) groups is 1. The third-order valence-electron chi connectivity index (χ3n) is 2.85. The second-order valence-corrected chi connectivity index (χ2v) is 5.13. The van der Waals surface area contributed by atoms with Crippen molar-refractivity contribution in [2.24, 2.45) is 0 Å². The summed E-state index contributed by atoms with van der Waals surface area (Å²) in [6.45, 7) is -0.0659. The first-order valence-electron chi connectivity index (χ1n) is 6.08. The molecule has 1 aromatic heterocycles. The normalized spacial score (nSPS) is 12.0. The van der Waals surface area contributed by atoms with Crippen LogP contribution >= 0.6 is 23.8 Å². The summed E-state index contributed by atoms with van der Waals surface area (Å²) in [5.41, 5.74) is 0.636. The predicted molar refractivity (Wildman–Crippen MR) is 80.3 cm³/mol. The van der Waals surface area contributed by atoms with E-state index in [1.807, 2.05) is 0 Å². The summed E-state index contributed by atoms with van der Waals surface area (Å²) in [6, 6.07) is 7.20. The number of hydrogen-bond donors (Lipinski definition) is 3. The molecule has 0 saturated heterocycles. The quantitative estimate of drug-likeness (QED) is 0.757. The molecule has 1 atom stereocenters. The molecule has 0 aliphatic rings. The zero-order valence-electron chi connectivity index (χ0n) is 10.8. The van der Waals surface area contributed by atoms with Crippen LogP contribution in [0.3, 0.4) is 0 Å². The van der Waals surface area contributed by atoms with Gasteiger partial charge in [0.2, 0.25) is 0 Å². The van der Waals surface area contributed by atoms with Gasteiger partial charge in [0.25, 0.3) is 5.91 Å². The minimum absolute atomic E-state index is 0.0226. The smallest absolute Gasteiger partial charge is 0.254 e. The molecular weight excluding hydrogens is 315 g/mol. The average Bonchev–Trinajstić information content (AvgIpc) is 2.47. The summed E-state index contributed by atoms with van der Waals surface area (Å²) < 4.78 is 13.6. The van der Waals surface area contributed by atoms with Crippen LogP contribution in [-0.4, -0.2) is 22.5 Å². The molecule has 0 fully saturated rings. The van der Waals surface area contributed by atoms with Crippen molar-refractivity contribution >= 4 is 29.7 Å². The number of amides is 1. The molecule has 110 valence electrons. The number of rotatable bonds is 4. The maximum absolute atomic E-state index is 13.3. The number of nitrogens with one attached hydrogen (secondary N) is 2. The Morgan fingerprint density at radius 3 is 2.90 bits per heavy atom. The van der Waals surface area contributed by atoms with Crippen LogP contribution in [0.4, 0.5) is 4.39 Å². The van der Waals surface area contributed by atoms with E-state index < -0.39 is 17.8 Å². The number of H-pyrrole nitrogens is 1. The van der Waals surface area contributed by atoms with Gasteiger partial charge in [-0.3, -0.25) is 4.79 Å². The standard InChI is InChI=1S/C14H12ClFN2O2S/c15-10-4-3-8(6-11(10)16)12(19)7-18-13(20)9-2-1-5-17-14(9)21/h1-6,12,19H,7H2,(H,17,21)(H,18,20). The number of pyridine rings is 1. The molecule has 21 heavy (non-hydrogen) atoms. The maximum Gasteiger partial charge on any atom is 0.254 e. The molecule has 0 spiro atoms. The van der Waals surface area contributed by atoms with Crippen molar-refractivity contribution in [3.8, 4) is 0 Å². The Morgan fingerprint density at radius 1 is 1.48 bits per heavy atom. The minimum Gasteiger partial charge on any atom is -0.387 e. The molecule has 4 nitrogen and oxygen atoms in total. The topological polar surface area (TPSA) is 65.1 Å². The van der Waals surface area contributed by atoms with Crippen LogP contribution in [0.25, 0.3) is 0 Å². The number of benzene rings is 1. The van der Waals surface area contributed by atoms with Gasteiger partial charge < -0.3 is 15.4 Å². The summed E-state index contributed by atoms with van der Waals surface area (Å²) in [4.78, 5) is 14.7. The monoisotopic (exact) mass is 326 g/mol. The van der Waals surface area contributed by atoms with Crippen molar-refractivity contribution in [1.29, 1.82) is 0 Å². The molecule has 1 aromatic carbocycles. The van der Waals surface area contributed by atoms with E-state index in [0.717, 1.165) is 6.07 Å². The summed E-state index contributed by atoms with van der Waals surface area (Å²) in [5.74, 6) is -1.03. The molecule has 2 rings (SSSR count). The molecule has 0 aliphatic heterocycles. The van der Waals surface area contributed by atoms with E-state index in [1.54, 1.807) is 18.3 Å². The van der Waals surface area contributed by atoms with Gasteiger partial charge in [0.05, 0.1) is 16.7 Å². The molecule has 0 saturated carbocycles. The zero-order chi connectivity index (χ0) is 15.4. The Hall–Kier alpha value is -1.76. The van der Waals surface area contributed by atoms with Gasteiger partial charge in [-0.05, 0) is 29.8 Å². The first kappa shape index (κ1) is 15.6. The second kappa shape index (κ2) is 6.80. The van der Waals surface area contributed by atoms with Crippen LogP contribution in [0.15, 0.2) is 36.5 Å². The zero-order valence-corrected chi connectivity index (χ0v) is 12.3. The minimum atomic E-state index is -1.04. The van der Waals surface area contributed by atoms with Crippen molar-refractivity contribution < 1.29 is 14.3 Å². The molecule has 3 N–H and O–H groups in total. The SMILES string of the molecule is O=C(NCC(O)c1ccc(Cl)c(F)c1)c1ccc[nH]c1=S. The van der Waals surface area contributed by atoms with Crippen LogP contribution in [0.5, 0.6) is 0 Å². The Kier molecular flexibility index (Phi) is 5.06. The highest BCUT2D eigenvalue weighted by Crippen LogP contribution is 2.19. The molecule has 0 radical (unpaired) electrons. The maximum atomic E-state index is 13.3. The summed E-state index contributed by atoms with van der Waals surface area (Å²) in [5, 5.41) is 12.5. The highest BCUT2D eigenvalue weighted by atomic mass is 35.5. The lowest BCUT2D eigenvalue weighted by Crippen LogP contribution is -2.28. The van der Waals surface area contributed by atoms with E-state index in [9.17, 15) is 14.3 Å². The first-order chi connectivity index (χ1) is 9.99. The van der Waals surface area contributed by atoms with Gasteiger partial charge in [0, 0.05) is 12.7 Å². The van der Waals surface area contributed by atoms with Crippen LogP contribution in [0.1, 0.15) is 22.0 Å². The average molecular weight is 327 g/mol. The lowest BCUT2D eigenvalue weighted by Gasteiger charge is -2.12. The number of aromatic amines is 1. The van der Waals surface area contributed by atoms with Gasteiger partial charge in [-0.2, -0.15) is 0 Å². The second-order valence-electron chi connectivity index (χ2n) is 4.31. The van der Waals surface area contributed by atoms with Gasteiger partial charge in [-0.15, -0.1) is 0 Å². The van der Waals surface area contributed by atoms with E-state index in [0.29, 0.717) is 15.8 Å². The number of aromatic nitrogens is 1. The molecule has 1 heterocycles. The molecule has 0 bridgehead atoms. The number of carbonyl (C=O) groups excluding carboxylic acids is 1. The Balaban J connectivity index is 2.02. The lowest BCUT2D eigenvalue weighted by molar-refractivity contribution is 0.0915. The highest BCUT2D eigenvalue weighted by Gasteiger charge is 2.13. The van der Waals surface area contributed by atoms with Gasteiger partial charge in [-0.1, -0.05) is 29.9 Å². The fraction of sp³-hybridized carbons (Fsp3) is 0.143. The highest BCUT2D eigenvalue weighted by molar-refractivity contribution is 7.71. The number of hydrogen-bond acceptors (Lipinski definition) is 3. The fourth-order valence-electron chi connectivity index (χ4n) is 1.72. The first-order valence-corrected chi connectivity index (χ1v) is 6.86. The van der Waals surface area contributed by atoms with Gasteiger partial charge >= 0.3 is 0 Å². The van der Waals surface area contributed by atoms with E-state index in [4.69, 9.17) is 23.8 Å². The van der Waals surface area contributed by atoms with Gasteiger partial charge in [-0.25, -0.2) is 4.39 Å². The summed E-state index contributed by atoms with van der Waals surface area (Å²) >= 11 is 10.6. The molecule has 1 amide bonds. The van der Waals surface area contributed by atoms with Crippen molar-refractivity contribution in [2.45, 2.75) is 6.10 Å². The molecule has 2 aromatic rings. The van der Waals surface area contributed by atoms with Gasteiger partial charge in [0.15, 0.2) is 0 Å². The lowest BCUT2D eigenvalue weighted by atomic mass is 10.1. The van der Waals surface area contributed by atoms with E-state index >= 15 is 0 Å². The van der Waals surface area contributed by atoms with Crippen molar-refractivity contribution in [3.05, 3.63) is 63.1 Å². The van der Waals surface area contributed by atoms with Crippen LogP contribution in [0, 0.1) is 10.5 Å². The van der Waals surface area contributed by atoms with Gasteiger partial charge in [0.1, 0.15) is 10.5 Å². The fourth-order valence-corrected chi connectivity index (χ4v) is 2.07. The van der Waals surface area contributed by atoms with Crippen molar-refractivity contribution in [3.63, 3.8) is 0 Å². The molecular formula is C14H12ClFN2O2S. The number of aliphatic hydroxyl groups is 1. The van der Waals surface area contributed by atoms with Crippen LogP contribution in [-0.2, 0) is 0 Å². The third kappa shape index (κ3) is 3.87. The molecule has 7 heteroatoms. The van der Waals surface area contributed by atoms with E-state index in [1.165, 1.54) is 12.1 Å². The molecule has 1 unspecified atom stereocenters. The largest absolute Gasteiger partial charge is 0.387 e. The number of aliphatic hydroxyl groups excluding tert-OH is 1.